The van der Waals surface area contributed by atoms with Crippen LogP contribution in [0.4, 0.5) is 0 Å². The number of carbonyl (C=O) groups is 1. The minimum Gasteiger partial charge on any atom is -0.466 e. The number of nitrogens with zero attached hydrogens (tertiary/aromatic N) is 1. The number of hydrogen-bond donors (Lipinski definition) is 1. The van der Waals surface area contributed by atoms with Gasteiger partial charge in [0.2, 0.25) is 0 Å². The quantitative estimate of drug-likeness (QED) is 0.831. The standard InChI is InChI=1S/C16H24N2O2/c1-3-20-16(19)14-11-17-10-9-15(14)18(2)12-13-7-5-4-6-8-13/h4-8,14-15,17H,3,9-12H2,1-2H3. The molecule has 1 heterocycles. The maximum absolute atomic E-state index is 12.1. The van der Waals surface area contributed by atoms with Gasteiger partial charge in [0.25, 0.3) is 0 Å². The molecule has 1 saturated heterocycles. The maximum atomic E-state index is 12.1. The Bertz CT molecular complexity index is 422. The molecule has 0 aliphatic carbocycles. The van der Waals surface area contributed by atoms with E-state index in [1.54, 1.807) is 0 Å². The number of benzene rings is 1. The highest BCUT2D eigenvalue weighted by Gasteiger charge is 2.34. The summed E-state index contributed by atoms with van der Waals surface area (Å²) in [4.78, 5) is 14.4. The van der Waals surface area contributed by atoms with E-state index in [4.69, 9.17) is 4.74 Å². The Labute approximate surface area is 121 Å². The van der Waals surface area contributed by atoms with Gasteiger partial charge in [-0.15, -0.1) is 0 Å². The molecule has 0 saturated carbocycles. The van der Waals surface area contributed by atoms with Crippen LogP contribution in [0.3, 0.4) is 0 Å². The third kappa shape index (κ3) is 3.81. The number of hydrogen-bond acceptors (Lipinski definition) is 4. The summed E-state index contributed by atoms with van der Waals surface area (Å²) in [5.74, 6) is -0.151. The molecule has 0 radical (unpaired) electrons. The average molecular weight is 276 g/mol. The van der Waals surface area contributed by atoms with Crippen LogP contribution in [-0.2, 0) is 16.1 Å². The normalized spacial score (nSPS) is 22.8. The molecule has 1 N–H and O–H groups in total. The summed E-state index contributed by atoms with van der Waals surface area (Å²) in [5, 5.41) is 3.30. The zero-order valence-corrected chi connectivity index (χ0v) is 12.3. The molecule has 2 atom stereocenters. The van der Waals surface area contributed by atoms with Crippen molar-refractivity contribution in [1.29, 1.82) is 0 Å². The van der Waals surface area contributed by atoms with Crippen molar-refractivity contribution in [2.24, 2.45) is 5.92 Å². The van der Waals surface area contributed by atoms with Gasteiger partial charge in [0.1, 0.15) is 0 Å². The number of piperidine rings is 1. The Balaban J connectivity index is 2.01. The Kier molecular flexibility index (Phi) is 5.56. The number of ether oxygens (including phenoxy) is 1. The zero-order valence-electron chi connectivity index (χ0n) is 12.3. The van der Waals surface area contributed by atoms with Crippen LogP contribution in [-0.4, -0.2) is 43.7 Å². The van der Waals surface area contributed by atoms with Crippen molar-refractivity contribution in [3.63, 3.8) is 0 Å². The minimum atomic E-state index is -0.0791. The topological polar surface area (TPSA) is 41.6 Å². The Morgan fingerprint density at radius 2 is 2.15 bits per heavy atom. The van der Waals surface area contributed by atoms with E-state index in [0.717, 1.165) is 19.5 Å². The van der Waals surface area contributed by atoms with E-state index in [1.165, 1.54) is 5.56 Å². The molecule has 20 heavy (non-hydrogen) atoms. The molecule has 1 aromatic rings. The molecule has 1 fully saturated rings. The van der Waals surface area contributed by atoms with Crippen molar-refractivity contribution in [1.82, 2.24) is 10.2 Å². The molecule has 0 amide bonds. The van der Waals surface area contributed by atoms with Gasteiger partial charge in [-0.1, -0.05) is 30.3 Å². The van der Waals surface area contributed by atoms with Gasteiger partial charge in [-0.3, -0.25) is 9.69 Å². The number of esters is 1. The second-order valence-electron chi connectivity index (χ2n) is 5.32. The van der Waals surface area contributed by atoms with Crippen LogP contribution in [0.25, 0.3) is 0 Å². The molecule has 0 aromatic heterocycles. The van der Waals surface area contributed by atoms with E-state index in [2.05, 4.69) is 41.5 Å². The van der Waals surface area contributed by atoms with Crippen LogP contribution < -0.4 is 5.32 Å². The molecule has 1 aromatic carbocycles. The van der Waals surface area contributed by atoms with Gasteiger partial charge in [-0.05, 0) is 32.5 Å². The van der Waals surface area contributed by atoms with Crippen molar-refractivity contribution in [2.75, 3.05) is 26.7 Å². The Hall–Kier alpha value is -1.39. The first-order valence-corrected chi connectivity index (χ1v) is 7.34. The van der Waals surface area contributed by atoms with E-state index >= 15 is 0 Å². The van der Waals surface area contributed by atoms with Crippen LogP contribution in [0, 0.1) is 5.92 Å². The molecule has 110 valence electrons. The maximum Gasteiger partial charge on any atom is 0.311 e. The molecule has 2 rings (SSSR count). The highest BCUT2D eigenvalue weighted by atomic mass is 16.5. The SMILES string of the molecule is CCOC(=O)C1CNCCC1N(C)Cc1ccccc1. The lowest BCUT2D eigenvalue weighted by atomic mass is 9.92. The van der Waals surface area contributed by atoms with Gasteiger partial charge in [-0.25, -0.2) is 0 Å². The summed E-state index contributed by atoms with van der Waals surface area (Å²) in [6.45, 7) is 4.84. The first-order chi connectivity index (χ1) is 9.72. The fraction of sp³-hybridized carbons (Fsp3) is 0.562. The molecule has 4 nitrogen and oxygen atoms in total. The Morgan fingerprint density at radius 1 is 1.40 bits per heavy atom. The lowest BCUT2D eigenvalue weighted by molar-refractivity contribution is -0.151. The monoisotopic (exact) mass is 276 g/mol. The number of nitrogens with one attached hydrogen (secondary N) is 1. The third-order valence-electron chi connectivity index (χ3n) is 3.88. The molecular formula is C16H24N2O2. The third-order valence-corrected chi connectivity index (χ3v) is 3.88. The van der Waals surface area contributed by atoms with Gasteiger partial charge >= 0.3 is 5.97 Å². The highest BCUT2D eigenvalue weighted by Crippen LogP contribution is 2.20. The van der Waals surface area contributed by atoms with Crippen LogP contribution in [0.5, 0.6) is 0 Å². The first-order valence-electron chi connectivity index (χ1n) is 7.34. The van der Waals surface area contributed by atoms with E-state index < -0.39 is 0 Å². The second-order valence-corrected chi connectivity index (χ2v) is 5.32. The molecule has 1 aliphatic heterocycles. The van der Waals surface area contributed by atoms with Crippen molar-refractivity contribution >= 4 is 5.97 Å². The number of rotatable bonds is 5. The van der Waals surface area contributed by atoms with Crippen molar-refractivity contribution in [2.45, 2.75) is 25.9 Å². The van der Waals surface area contributed by atoms with Gasteiger partial charge in [-0.2, -0.15) is 0 Å². The van der Waals surface area contributed by atoms with Crippen molar-refractivity contribution in [3.05, 3.63) is 35.9 Å². The van der Waals surface area contributed by atoms with Crippen LogP contribution in [0.15, 0.2) is 30.3 Å². The van der Waals surface area contributed by atoms with E-state index in [9.17, 15) is 4.79 Å². The van der Waals surface area contributed by atoms with Gasteiger partial charge in [0, 0.05) is 19.1 Å². The summed E-state index contributed by atoms with van der Waals surface area (Å²) in [6.07, 6.45) is 0.979. The fourth-order valence-corrected chi connectivity index (χ4v) is 2.85. The Morgan fingerprint density at radius 3 is 2.85 bits per heavy atom. The van der Waals surface area contributed by atoms with Crippen LogP contribution in [0.1, 0.15) is 18.9 Å². The average Bonchev–Trinajstić information content (AvgIpc) is 2.48. The summed E-state index contributed by atoms with van der Waals surface area (Å²) in [7, 11) is 2.09. The molecule has 2 unspecified atom stereocenters. The lowest BCUT2D eigenvalue weighted by Gasteiger charge is -2.37. The summed E-state index contributed by atoms with van der Waals surface area (Å²) in [5.41, 5.74) is 1.27. The highest BCUT2D eigenvalue weighted by molar-refractivity contribution is 5.73. The molecule has 0 bridgehead atoms. The predicted octanol–water partition coefficient (Wildman–Crippen LogP) is 1.66. The van der Waals surface area contributed by atoms with Crippen molar-refractivity contribution in [3.8, 4) is 0 Å². The molecule has 0 spiro atoms. The van der Waals surface area contributed by atoms with Crippen molar-refractivity contribution < 1.29 is 9.53 Å². The fourth-order valence-electron chi connectivity index (χ4n) is 2.85. The molecule has 4 heteroatoms. The molecule has 1 aliphatic rings. The summed E-state index contributed by atoms with van der Waals surface area (Å²) >= 11 is 0. The summed E-state index contributed by atoms with van der Waals surface area (Å²) < 4.78 is 5.21. The van der Waals surface area contributed by atoms with Gasteiger partial charge in [0.15, 0.2) is 0 Å². The van der Waals surface area contributed by atoms with Gasteiger partial charge < -0.3 is 10.1 Å². The van der Waals surface area contributed by atoms with Crippen LogP contribution in [0.2, 0.25) is 0 Å². The van der Waals surface area contributed by atoms with E-state index in [-0.39, 0.29) is 17.9 Å². The van der Waals surface area contributed by atoms with E-state index in [1.807, 2.05) is 13.0 Å². The number of carbonyl (C=O) groups excluding carboxylic acids is 1. The smallest absolute Gasteiger partial charge is 0.311 e. The van der Waals surface area contributed by atoms with E-state index in [0.29, 0.717) is 13.2 Å². The minimum absolute atomic E-state index is 0.0718. The largest absolute Gasteiger partial charge is 0.466 e. The molecular weight excluding hydrogens is 252 g/mol. The first kappa shape index (κ1) is 15.0. The lowest BCUT2D eigenvalue weighted by Crippen LogP contribution is -2.51. The zero-order chi connectivity index (χ0) is 14.4. The summed E-state index contributed by atoms with van der Waals surface area (Å²) in [6, 6.07) is 10.6. The predicted molar refractivity (Wildman–Crippen MR) is 79.3 cm³/mol. The van der Waals surface area contributed by atoms with Gasteiger partial charge in [0.05, 0.1) is 12.5 Å². The second kappa shape index (κ2) is 7.41. The van der Waals surface area contributed by atoms with Crippen LogP contribution >= 0.6 is 0 Å².